The smallest absolute Gasteiger partial charge is 0.164 e. The lowest BCUT2D eigenvalue weighted by Crippen LogP contribution is -2.39. The first-order valence-electron chi connectivity index (χ1n) is 8.85. The van der Waals surface area contributed by atoms with Gasteiger partial charge >= 0.3 is 0 Å². The van der Waals surface area contributed by atoms with Crippen LogP contribution in [-0.2, 0) is 15.6 Å². The summed E-state index contributed by atoms with van der Waals surface area (Å²) in [7, 11) is -3.08. The zero-order chi connectivity index (χ0) is 19.2. The highest BCUT2D eigenvalue weighted by molar-refractivity contribution is 8.13. The number of aryl methyl sites for hydroxylation is 2. The van der Waals surface area contributed by atoms with Crippen molar-refractivity contribution < 1.29 is 12.8 Å². The van der Waals surface area contributed by atoms with E-state index in [1.54, 1.807) is 12.1 Å². The molecule has 2 atom stereocenters. The molecule has 0 aromatic heterocycles. The summed E-state index contributed by atoms with van der Waals surface area (Å²) in [6, 6.07) is 12.4. The van der Waals surface area contributed by atoms with Crippen LogP contribution >= 0.6 is 11.8 Å². The molecule has 0 amide bonds. The van der Waals surface area contributed by atoms with Crippen molar-refractivity contribution in [2.24, 2.45) is 4.99 Å². The second-order valence-electron chi connectivity index (χ2n) is 7.16. The SMILES string of the molecule is Cc1ccc(C)c(N2C(SCc3ccccc3F)=N[C@@H]3CS(=O)(=O)C[C@@H]32)c1. The molecule has 0 saturated carbocycles. The quantitative estimate of drug-likeness (QED) is 0.782. The zero-order valence-electron chi connectivity index (χ0n) is 15.2. The highest BCUT2D eigenvalue weighted by Gasteiger charge is 2.47. The van der Waals surface area contributed by atoms with E-state index in [2.05, 4.69) is 11.0 Å². The fraction of sp³-hybridized carbons (Fsp3) is 0.350. The van der Waals surface area contributed by atoms with Gasteiger partial charge in [-0.1, -0.05) is 42.1 Å². The van der Waals surface area contributed by atoms with Gasteiger partial charge < -0.3 is 4.90 Å². The molecule has 7 heteroatoms. The third kappa shape index (κ3) is 3.62. The van der Waals surface area contributed by atoms with Crippen molar-refractivity contribution in [3.8, 4) is 0 Å². The summed E-state index contributed by atoms with van der Waals surface area (Å²) < 4.78 is 38.3. The lowest BCUT2D eigenvalue weighted by molar-refractivity contribution is 0.601. The molecule has 4 rings (SSSR count). The molecule has 2 aliphatic heterocycles. The topological polar surface area (TPSA) is 49.7 Å². The Bertz CT molecular complexity index is 1020. The summed E-state index contributed by atoms with van der Waals surface area (Å²) >= 11 is 1.47. The van der Waals surface area contributed by atoms with Crippen molar-refractivity contribution in [2.45, 2.75) is 31.7 Å². The summed E-state index contributed by atoms with van der Waals surface area (Å²) in [6.45, 7) is 4.04. The molecule has 4 nitrogen and oxygen atoms in total. The summed E-state index contributed by atoms with van der Waals surface area (Å²) in [5.74, 6) is 0.421. The van der Waals surface area contributed by atoms with Gasteiger partial charge in [0, 0.05) is 11.4 Å². The van der Waals surface area contributed by atoms with Crippen LogP contribution in [0.4, 0.5) is 10.1 Å². The van der Waals surface area contributed by atoms with Crippen molar-refractivity contribution >= 4 is 32.5 Å². The summed E-state index contributed by atoms with van der Waals surface area (Å²) in [5.41, 5.74) is 3.79. The fourth-order valence-corrected chi connectivity index (χ4v) is 6.60. The lowest BCUT2D eigenvalue weighted by Gasteiger charge is -2.28. The maximum Gasteiger partial charge on any atom is 0.164 e. The molecule has 1 saturated heterocycles. The van der Waals surface area contributed by atoms with Gasteiger partial charge in [0.25, 0.3) is 0 Å². The molecule has 0 aliphatic carbocycles. The molecular weight excluding hydrogens is 383 g/mol. The number of nitrogens with zero attached hydrogens (tertiary/aromatic N) is 2. The molecule has 2 aromatic rings. The Labute approximate surface area is 163 Å². The standard InChI is InChI=1S/C20H21FN2O2S2/c1-13-7-8-14(2)18(9-13)23-19-12-27(24,25)11-17(19)22-20(23)26-10-15-5-3-4-6-16(15)21/h3-9,17,19H,10-12H2,1-2H3/t17-,19+/m1/s1. The minimum Gasteiger partial charge on any atom is -0.315 e. The number of fused-ring (bicyclic) bond motifs is 1. The number of amidine groups is 1. The van der Waals surface area contributed by atoms with Crippen molar-refractivity contribution in [1.82, 2.24) is 0 Å². The van der Waals surface area contributed by atoms with Crippen LogP contribution in [-0.4, -0.2) is 37.2 Å². The lowest BCUT2D eigenvalue weighted by atomic mass is 10.1. The number of halogens is 1. The molecule has 0 spiro atoms. The molecule has 2 aromatic carbocycles. The highest BCUT2D eigenvalue weighted by atomic mass is 32.2. The third-order valence-electron chi connectivity index (χ3n) is 5.05. The van der Waals surface area contributed by atoms with Crippen LogP contribution in [0.3, 0.4) is 0 Å². The number of hydrogen-bond donors (Lipinski definition) is 0. The molecule has 1 fully saturated rings. The number of hydrogen-bond acceptors (Lipinski definition) is 5. The van der Waals surface area contributed by atoms with E-state index in [1.165, 1.54) is 17.8 Å². The first-order valence-corrected chi connectivity index (χ1v) is 11.7. The summed E-state index contributed by atoms with van der Waals surface area (Å²) in [4.78, 5) is 6.78. The second kappa shape index (κ2) is 6.95. The summed E-state index contributed by atoms with van der Waals surface area (Å²) in [5, 5.41) is 0.775. The first kappa shape index (κ1) is 18.5. The Morgan fingerprint density at radius 1 is 1.19 bits per heavy atom. The second-order valence-corrected chi connectivity index (χ2v) is 10.3. The van der Waals surface area contributed by atoms with Crippen molar-refractivity contribution in [3.05, 3.63) is 65.0 Å². The van der Waals surface area contributed by atoms with Crippen LogP contribution in [0, 0.1) is 19.7 Å². The Balaban J connectivity index is 1.68. The van der Waals surface area contributed by atoms with Gasteiger partial charge in [-0.2, -0.15) is 0 Å². The predicted octanol–water partition coefficient (Wildman–Crippen LogP) is 3.72. The molecular formula is C20H21FN2O2S2. The van der Waals surface area contributed by atoms with Crippen LogP contribution in [0.1, 0.15) is 16.7 Å². The zero-order valence-corrected chi connectivity index (χ0v) is 16.9. The molecule has 0 radical (unpaired) electrons. The maximum atomic E-state index is 14.0. The normalized spacial score (nSPS) is 23.4. The molecule has 0 unspecified atom stereocenters. The fourth-order valence-electron chi connectivity index (χ4n) is 3.65. The number of benzene rings is 2. The summed E-state index contributed by atoms with van der Waals surface area (Å²) in [6.07, 6.45) is 0. The highest BCUT2D eigenvalue weighted by Crippen LogP contribution is 2.37. The molecule has 2 aliphatic rings. The van der Waals surface area contributed by atoms with Crippen LogP contribution in [0.2, 0.25) is 0 Å². The van der Waals surface area contributed by atoms with Crippen LogP contribution < -0.4 is 4.90 Å². The first-order chi connectivity index (χ1) is 12.8. The molecule has 142 valence electrons. The minimum absolute atomic E-state index is 0.0861. The van der Waals surface area contributed by atoms with Crippen LogP contribution in [0.15, 0.2) is 47.5 Å². The average molecular weight is 405 g/mol. The number of aliphatic imine (C=N–C) groups is 1. The number of sulfone groups is 1. The average Bonchev–Trinajstić information content (AvgIpc) is 3.07. The van der Waals surface area contributed by atoms with Crippen LogP contribution in [0.25, 0.3) is 0 Å². The van der Waals surface area contributed by atoms with Gasteiger partial charge in [0.05, 0.1) is 23.6 Å². The van der Waals surface area contributed by atoms with Gasteiger partial charge in [0.1, 0.15) is 5.82 Å². The van der Waals surface area contributed by atoms with E-state index in [1.807, 2.05) is 32.0 Å². The van der Waals surface area contributed by atoms with E-state index < -0.39 is 9.84 Å². The van der Waals surface area contributed by atoms with Gasteiger partial charge in [-0.3, -0.25) is 4.99 Å². The van der Waals surface area contributed by atoms with E-state index in [9.17, 15) is 12.8 Å². The van der Waals surface area contributed by atoms with Gasteiger partial charge in [-0.15, -0.1) is 0 Å². The molecule has 0 N–H and O–H groups in total. The van der Waals surface area contributed by atoms with E-state index in [-0.39, 0.29) is 29.4 Å². The van der Waals surface area contributed by atoms with Crippen molar-refractivity contribution in [2.75, 3.05) is 16.4 Å². The van der Waals surface area contributed by atoms with E-state index in [4.69, 9.17) is 4.99 Å². The number of thioether (sulfide) groups is 1. The largest absolute Gasteiger partial charge is 0.315 e. The van der Waals surface area contributed by atoms with Crippen molar-refractivity contribution in [1.29, 1.82) is 0 Å². The van der Waals surface area contributed by atoms with Crippen LogP contribution in [0.5, 0.6) is 0 Å². The van der Waals surface area contributed by atoms with E-state index >= 15 is 0 Å². The Kier molecular flexibility index (Phi) is 4.76. The van der Waals surface area contributed by atoms with E-state index in [0.29, 0.717) is 11.3 Å². The van der Waals surface area contributed by atoms with Gasteiger partial charge in [-0.05, 0) is 42.7 Å². The Morgan fingerprint density at radius 2 is 1.96 bits per heavy atom. The minimum atomic E-state index is -3.08. The van der Waals surface area contributed by atoms with Gasteiger partial charge in [0.2, 0.25) is 0 Å². The Morgan fingerprint density at radius 3 is 2.74 bits per heavy atom. The maximum absolute atomic E-state index is 14.0. The van der Waals surface area contributed by atoms with Gasteiger partial charge in [0.15, 0.2) is 15.0 Å². The molecule has 0 bridgehead atoms. The monoisotopic (exact) mass is 404 g/mol. The van der Waals surface area contributed by atoms with Gasteiger partial charge in [-0.25, -0.2) is 12.8 Å². The number of anilines is 1. The molecule has 27 heavy (non-hydrogen) atoms. The van der Waals surface area contributed by atoms with Crippen molar-refractivity contribution in [3.63, 3.8) is 0 Å². The van der Waals surface area contributed by atoms with E-state index in [0.717, 1.165) is 22.0 Å². The molecule has 2 heterocycles. The third-order valence-corrected chi connectivity index (χ3v) is 7.76. The Hall–Kier alpha value is -1.86. The number of rotatable bonds is 3. The predicted molar refractivity (Wildman–Crippen MR) is 110 cm³/mol.